The minimum absolute atomic E-state index is 0.0418. The van der Waals surface area contributed by atoms with E-state index in [2.05, 4.69) is 30.0 Å². The Hall–Kier alpha value is 0.350. The highest BCUT2D eigenvalue weighted by Crippen LogP contribution is 2.25. The lowest BCUT2D eigenvalue weighted by Gasteiger charge is -2.32. The summed E-state index contributed by atoms with van der Waals surface area (Å²) in [7, 11) is 2.56. The second kappa shape index (κ2) is 4.72. The minimum atomic E-state index is -1.03. The molecule has 80 valence electrons. The summed E-state index contributed by atoms with van der Waals surface area (Å²) in [5, 5.41) is 9.81. The Bertz CT molecular complexity index is 153. The van der Waals surface area contributed by atoms with E-state index in [9.17, 15) is 5.11 Å². The van der Waals surface area contributed by atoms with Gasteiger partial charge in [-0.3, -0.25) is 0 Å². The largest absolute Gasteiger partial charge is 0.365 e. The van der Waals surface area contributed by atoms with E-state index in [0.717, 1.165) is 6.42 Å². The molecule has 0 amide bonds. The summed E-state index contributed by atoms with van der Waals surface area (Å²) in [5.74, 6) is -1.03. The van der Waals surface area contributed by atoms with Gasteiger partial charge in [-0.1, -0.05) is 27.7 Å². The number of aliphatic hydroxyl groups is 1. The molecule has 0 aliphatic rings. The Labute approximate surface area is 84.3 Å². The zero-order valence-electron chi connectivity index (χ0n) is 9.42. The molecule has 0 aliphatic carbocycles. The molecule has 0 aromatic rings. The number of hydrogen-bond acceptors (Lipinski definition) is 2. The van der Waals surface area contributed by atoms with Crippen molar-refractivity contribution in [1.29, 1.82) is 0 Å². The predicted molar refractivity (Wildman–Crippen MR) is 59.8 cm³/mol. The van der Waals surface area contributed by atoms with E-state index in [1.165, 1.54) is 0 Å². The van der Waals surface area contributed by atoms with Gasteiger partial charge in [-0.15, -0.1) is 9.24 Å². The van der Waals surface area contributed by atoms with Crippen molar-refractivity contribution < 1.29 is 9.84 Å². The van der Waals surface area contributed by atoms with Gasteiger partial charge in [0.15, 0.2) is 5.79 Å². The van der Waals surface area contributed by atoms with Crippen LogP contribution in [0.1, 0.15) is 41.0 Å². The first-order valence-corrected chi connectivity index (χ1v) is 5.50. The smallest absolute Gasteiger partial charge is 0.168 e. The quantitative estimate of drug-likeness (QED) is 0.553. The van der Waals surface area contributed by atoms with Gasteiger partial charge in [-0.05, 0) is 18.8 Å². The fraction of sp³-hybridized carbons (Fsp3) is 1.00. The van der Waals surface area contributed by atoms with Gasteiger partial charge < -0.3 is 9.84 Å². The van der Waals surface area contributed by atoms with Crippen molar-refractivity contribution in [2.45, 2.75) is 52.5 Å². The number of rotatable bonds is 5. The lowest BCUT2D eigenvalue weighted by Crippen LogP contribution is -2.39. The summed E-state index contributed by atoms with van der Waals surface area (Å²) in [5.41, 5.74) is 0.184. The fourth-order valence-electron chi connectivity index (χ4n) is 0.575. The van der Waals surface area contributed by atoms with Crippen LogP contribution in [-0.4, -0.2) is 23.2 Å². The van der Waals surface area contributed by atoms with E-state index in [4.69, 9.17) is 4.74 Å². The van der Waals surface area contributed by atoms with Crippen LogP contribution in [0.5, 0.6) is 0 Å². The van der Waals surface area contributed by atoms with Crippen molar-refractivity contribution in [3.8, 4) is 0 Å². The molecule has 0 rings (SSSR count). The van der Waals surface area contributed by atoms with Crippen molar-refractivity contribution >= 4 is 9.24 Å². The van der Waals surface area contributed by atoms with E-state index < -0.39 is 5.79 Å². The lowest BCUT2D eigenvalue weighted by molar-refractivity contribution is -0.202. The highest BCUT2D eigenvalue weighted by Gasteiger charge is 2.28. The molecule has 0 spiro atoms. The van der Waals surface area contributed by atoms with Gasteiger partial charge in [-0.2, -0.15) is 0 Å². The standard InChI is InChI=1S/C10H23O2P/c1-6-9(3,4)7-12-10(5,11)8(2)13/h8,11H,6-7,13H2,1-5H3. The Morgan fingerprint density at radius 3 is 2.15 bits per heavy atom. The fourth-order valence-corrected chi connectivity index (χ4v) is 0.671. The topological polar surface area (TPSA) is 29.5 Å². The maximum atomic E-state index is 9.81. The van der Waals surface area contributed by atoms with Crippen molar-refractivity contribution in [2.24, 2.45) is 5.41 Å². The van der Waals surface area contributed by atoms with Crippen LogP contribution >= 0.6 is 9.24 Å². The van der Waals surface area contributed by atoms with Crippen LogP contribution in [-0.2, 0) is 4.74 Å². The highest BCUT2D eigenvalue weighted by atomic mass is 31.0. The van der Waals surface area contributed by atoms with Crippen LogP contribution in [0.2, 0.25) is 0 Å². The monoisotopic (exact) mass is 206 g/mol. The molecule has 0 aromatic heterocycles. The number of ether oxygens (including phenoxy) is 1. The average Bonchev–Trinajstić information content (AvgIpc) is 2.01. The molecule has 2 nitrogen and oxygen atoms in total. The third-order valence-corrected chi connectivity index (χ3v) is 3.18. The molecular formula is C10H23O2P. The summed E-state index contributed by atoms with van der Waals surface area (Å²) < 4.78 is 5.48. The van der Waals surface area contributed by atoms with Gasteiger partial charge in [0.25, 0.3) is 0 Å². The molecule has 0 aliphatic heterocycles. The molecule has 0 saturated heterocycles. The zero-order chi connectivity index (χ0) is 10.7. The third-order valence-electron chi connectivity index (χ3n) is 2.56. The molecule has 0 bridgehead atoms. The second-order valence-electron chi connectivity index (χ2n) is 4.65. The van der Waals surface area contributed by atoms with Crippen molar-refractivity contribution in [1.82, 2.24) is 0 Å². The van der Waals surface area contributed by atoms with E-state index in [-0.39, 0.29) is 11.1 Å². The molecular weight excluding hydrogens is 183 g/mol. The molecule has 13 heavy (non-hydrogen) atoms. The molecule has 0 radical (unpaired) electrons. The molecule has 0 aromatic carbocycles. The molecule has 0 fully saturated rings. The summed E-state index contributed by atoms with van der Waals surface area (Å²) in [6, 6.07) is 0. The maximum absolute atomic E-state index is 9.81. The first-order chi connectivity index (χ1) is 5.71. The van der Waals surface area contributed by atoms with Crippen LogP contribution in [0, 0.1) is 5.41 Å². The molecule has 3 unspecified atom stereocenters. The van der Waals surface area contributed by atoms with Crippen LogP contribution in [0.4, 0.5) is 0 Å². The van der Waals surface area contributed by atoms with Gasteiger partial charge in [-0.25, -0.2) is 0 Å². The minimum Gasteiger partial charge on any atom is -0.365 e. The Kier molecular flexibility index (Phi) is 4.85. The first-order valence-electron chi connectivity index (χ1n) is 4.83. The van der Waals surface area contributed by atoms with Crippen LogP contribution in [0.15, 0.2) is 0 Å². The van der Waals surface area contributed by atoms with Crippen LogP contribution in [0.25, 0.3) is 0 Å². The Morgan fingerprint density at radius 2 is 1.85 bits per heavy atom. The summed E-state index contributed by atoms with van der Waals surface area (Å²) >= 11 is 0. The normalized spacial score (nSPS) is 19.6. The second-order valence-corrected chi connectivity index (χ2v) is 5.65. The summed E-state index contributed by atoms with van der Waals surface area (Å²) in [6.07, 6.45) is 1.05. The van der Waals surface area contributed by atoms with Crippen LogP contribution < -0.4 is 0 Å². The molecule has 3 heteroatoms. The Morgan fingerprint density at radius 1 is 1.38 bits per heavy atom. The molecule has 1 N–H and O–H groups in total. The summed E-state index contributed by atoms with van der Waals surface area (Å²) in [6.45, 7) is 10.6. The third kappa shape index (κ3) is 4.95. The van der Waals surface area contributed by atoms with Crippen molar-refractivity contribution in [3.05, 3.63) is 0 Å². The van der Waals surface area contributed by atoms with Gasteiger partial charge in [0.1, 0.15) is 0 Å². The molecule has 0 saturated carbocycles. The van der Waals surface area contributed by atoms with Gasteiger partial charge >= 0.3 is 0 Å². The van der Waals surface area contributed by atoms with Gasteiger partial charge in [0, 0.05) is 5.66 Å². The molecule has 0 heterocycles. The van der Waals surface area contributed by atoms with Gasteiger partial charge in [0.05, 0.1) is 6.61 Å². The van der Waals surface area contributed by atoms with Crippen molar-refractivity contribution in [3.63, 3.8) is 0 Å². The van der Waals surface area contributed by atoms with Gasteiger partial charge in [0.2, 0.25) is 0 Å². The predicted octanol–water partition coefficient (Wildman–Crippen LogP) is 2.41. The first kappa shape index (κ1) is 13.4. The summed E-state index contributed by atoms with van der Waals surface area (Å²) in [4.78, 5) is 0. The van der Waals surface area contributed by atoms with E-state index in [1.54, 1.807) is 6.92 Å². The lowest BCUT2D eigenvalue weighted by atomic mass is 9.91. The van der Waals surface area contributed by atoms with Crippen LogP contribution in [0.3, 0.4) is 0 Å². The highest BCUT2D eigenvalue weighted by molar-refractivity contribution is 7.17. The zero-order valence-corrected chi connectivity index (χ0v) is 10.6. The van der Waals surface area contributed by atoms with Crippen molar-refractivity contribution in [2.75, 3.05) is 6.61 Å². The maximum Gasteiger partial charge on any atom is 0.168 e. The number of hydrogen-bond donors (Lipinski definition) is 1. The van der Waals surface area contributed by atoms with E-state index >= 15 is 0 Å². The van der Waals surface area contributed by atoms with E-state index in [0.29, 0.717) is 6.61 Å². The Balaban J connectivity index is 4.02. The SMILES string of the molecule is CCC(C)(C)COC(C)(O)C(C)P. The molecule has 3 atom stereocenters. The van der Waals surface area contributed by atoms with E-state index in [1.807, 2.05) is 6.92 Å². The average molecular weight is 206 g/mol.